The van der Waals surface area contributed by atoms with Gasteiger partial charge in [-0.3, -0.25) is 14.6 Å². The Kier molecular flexibility index (Phi) is 5.86. The predicted octanol–water partition coefficient (Wildman–Crippen LogP) is 3.30. The third-order valence-corrected chi connectivity index (χ3v) is 5.89. The number of nitrogens with one attached hydrogen (secondary N) is 1. The Balaban J connectivity index is 1.35. The Labute approximate surface area is 177 Å². The smallest absolute Gasteiger partial charge is 0.325 e. The first-order valence-electron chi connectivity index (χ1n) is 10.3. The minimum Gasteiger partial charge on any atom is -0.497 e. The molecule has 1 N–H and O–H groups in total. The molecule has 3 amide bonds. The third-order valence-electron chi connectivity index (χ3n) is 5.89. The van der Waals surface area contributed by atoms with Crippen molar-refractivity contribution < 1.29 is 14.3 Å². The maximum absolute atomic E-state index is 13.1. The number of hydrogen-bond donors (Lipinski definition) is 1. The SMILES string of the molecule is COc1cccc(CN2CCC3(CC2)NC(=O)N(C/C=C/c2ccccc2)C3=O)c1. The van der Waals surface area contributed by atoms with Gasteiger partial charge in [0, 0.05) is 26.2 Å². The normalized spacial score (nSPS) is 18.9. The van der Waals surface area contributed by atoms with Crippen LogP contribution in [0.1, 0.15) is 24.0 Å². The van der Waals surface area contributed by atoms with Crippen LogP contribution in [0, 0.1) is 0 Å². The van der Waals surface area contributed by atoms with Gasteiger partial charge in [-0.25, -0.2) is 4.79 Å². The number of benzene rings is 2. The molecule has 6 nitrogen and oxygen atoms in total. The lowest BCUT2D eigenvalue weighted by atomic mass is 9.87. The van der Waals surface area contributed by atoms with E-state index in [1.807, 2.05) is 60.7 Å². The van der Waals surface area contributed by atoms with Gasteiger partial charge in [-0.05, 0) is 36.1 Å². The van der Waals surface area contributed by atoms with E-state index in [4.69, 9.17) is 4.74 Å². The molecule has 6 heteroatoms. The van der Waals surface area contributed by atoms with Gasteiger partial charge in [0.25, 0.3) is 5.91 Å². The molecule has 2 aromatic carbocycles. The zero-order chi connectivity index (χ0) is 21.0. The highest BCUT2D eigenvalue weighted by molar-refractivity contribution is 6.07. The van der Waals surface area contributed by atoms with E-state index in [0.717, 1.165) is 30.9 Å². The van der Waals surface area contributed by atoms with Crippen molar-refractivity contribution in [3.8, 4) is 5.75 Å². The summed E-state index contributed by atoms with van der Waals surface area (Å²) in [5.74, 6) is 0.740. The average molecular weight is 405 g/mol. The highest BCUT2D eigenvalue weighted by Gasteiger charge is 2.51. The third kappa shape index (κ3) is 4.24. The summed E-state index contributed by atoms with van der Waals surface area (Å²) in [6.07, 6.45) is 5.05. The van der Waals surface area contributed by atoms with Crippen molar-refractivity contribution in [3.05, 3.63) is 71.8 Å². The molecule has 2 saturated heterocycles. The van der Waals surface area contributed by atoms with Crippen LogP contribution in [0.15, 0.2) is 60.7 Å². The van der Waals surface area contributed by atoms with Crippen molar-refractivity contribution in [1.29, 1.82) is 0 Å². The number of carbonyl (C=O) groups is 2. The van der Waals surface area contributed by atoms with Crippen molar-refractivity contribution in [1.82, 2.24) is 15.1 Å². The number of piperidine rings is 1. The Bertz CT molecular complexity index is 934. The number of imide groups is 1. The summed E-state index contributed by atoms with van der Waals surface area (Å²) >= 11 is 0. The largest absolute Gasteiger partial charge is 0.497 e. The van der Waals surface area contributed by atoms with Gasteiger partial charge in [-0.1, -0.05) is 54.6 Å². The molecule has 0 unspecified atom stereocenters. The molecule has 0 atom stereocenters. The summed E-state index contributed by atoms with van der Waals surface area (Å²) in [4.78, 5) is 29.2. The lowest BCUT2D eigenvalue weighted by molar-refractivity contribution is -0.132. The fraction of sp³-hybridized carbons (Fsp3) is 0.333. The maximum atomic E-state index is 13.1. The second-order valence-corrected chi connectivity index (χ2v) is 7.87. The van der Waals surface area contributed by atoms with Crippen LogP contribution in [-0.2, 0) is 11.3 Å². The number of rotatable bonds is 6. The molecular weight excluding hydrogens is 378 g/mol. The van der Waals surface area contributed by atoms with Gasteiger partial charge in [-0.15, -0.1) is 0 Å². The van der Waals surface area contributed by atoms with E-state index in [-0.39, 0.29) is 18.5 Å². The first-order chi connectivity index (χ1) is 14.6. The number of carbonyl (C=O) groups excluding carboxylic acids is 2. The summed E-state index contributed by atoms with van der Waals surface area (Å²) in [6.45, 7) is 2.61. The fourth-order valence-corrected chi connectivity index (χ4v) is 4.16. The zero-order valence-corrected chi connectivity index (χ0v) is 17.2. The van der Waals surface area contributed by atoms with Crippen molar-refractivity contribution in [3.63, 3.8) is 0 Å². The van der Waals surface area contributed by atoms with E-state index in [2.05, 4.69) is 16.3 Å². The van der Waals surface area contributed by atoms with Crippen LogP contribution in [0.5, 0.6) is 5.75 Å². The number of methoxy groups -OCH3 is 1. The fourth-order valence-electron chi connectivity index (χ4n) is 4.16. The van der Waals surface area contributed by atoms with Gasteiger partial charge in [0.15, 0.2) is 0 Å². The van der Waals surface area contributed by atoms with Crippen molar-refractivity contribution in [2.45, 2.75) is 24.9 Å². The minimum atomic E-state index is -0.761. The highest BCUT2D eigenvalue weighted by atomic mass is 16.5. The molecule has 2 aliphatic heterocycles. The number of urea groups is 1. The average Bonchev–Trinajstić information content (AvgIpc) is 3.00. The summed E-state index contributed by atoms with van der Waals surface area (Å²) in [5, 5.41) is 2.98. The van der Waals surface area contributed by atoms with Crippen LogP contribution in [0.25, 0.3) is 6.08 Å². The quantitative estimate of drug-likeness (QED) is 0.749. The molecule has 2 aromatic rings. The number of amides is 3. The van der Waals surface area contributed by atoms with E-state index in [9.17, 15) is 9.59 Å². The first kappa shape index (κ1) is 20.2. The van der Waals surface area contributed by atoms with E-state index in [0.29, 0.717) is 12.8 Å². The van der Waals surface area contributed by atoms with Gasteiger partial charge in [0.2, 0.25) is 0 Å². The van der Waals surface area contributed by atoms with Gasteiger partial charge < -0.3 is 10.1 Å². The number of nitrogens with zero attached hydrogens (tertiary/aromatic N) is 2. The lowest BCUT2D eigenvalue weighted by Gasteiger charge is -2.37. The first-order valence-corrected chi connectivity index (χ1v) is 10.3. The zero-order valence-electron chi connectivity index (χ0n) is 17.2. The molecule has 2 fully saturated rings. The molecule has 0 saturated carbocycles. The van der Waals surface area contributed by atoms with Gasteiger partial charge in [0.05, 0.1) is 7.11 Å². The number of ether oxygens (including phenoxy) is 1. The molecule has 156 valence electrons. The summed E-state index contributed by atoms with van der Waals surface area (Å²) in [6, 6.07) is 17.6. The summed E-state index contributed by atoms with van der Waals surface area (Å²) in [7, 11) is 1.67. The van der Waals surface area contributed by atoms with Gasteiger partial charge in [-0.2, -0.15) is 0 Å². The topological polar surface area (TPSA) is 61.9 Å². The predicted molar refractivity (Wildman–Crippen MR) is 116 cm³/mol. The monoisotopic (exact) mass is 405 g/mol. The molecular formula is C24H27N3O3. The van der Waals surface area contributed by atoms with Crippen LogP contribution in [-0.4, -0.2) is 54.0 Å². The molecule has 0 radical (unpaired) electrons. The number of hydrogen-bond acceptors (Lipinski definition) is 4. The van der Waals surface area contributed by atoms with Gasteiger partial charge >= 0.3 is 6.03 Å². The molecule has 1 spiro atoms. The lowest BCUT2D eigenvalue weighted by Crippen LogP contribution is -2.54. The van der Waals surface area contributed by atoms with Crippen LogP contribution in [0.2, 0.25) is 0 Å². The van der Waals surface area contributed by atoms with Crippen LogP contribution in [0.3, 0.4) is 0 Å². The minimum absolute atomic E-state index is 0.105. The molecule has 0 bridgehead atoms. The van der Waals surface area contributed by atoms with E-state index in [1.165, 1.54) is 10.5 Å². The molecule has 2 aliphatic rings. The maximum Gasteiger partial charge on any atom is 0.325 e. The van der Waals surface area contributed by atoms with E-state index < -0.39 is 5.54 Å². The number of likely N-dealkylation sites (tertiary alicyclic amines) is 1. The molecule has 2 heterocycles. The van der Waals surface area contributed by atoms with Crippen molar-refractivity contribution in [2.24, 2.45) is 0 Å². The highest BCUT2D eigenvalue weighted by Crippen LogP contribution is 2.30. The van der Waals surface area contributed by atoms with E-state index in [1.54, 1.807) is 7.11 Å². The second-order valence-electron chi connectivity index (χ2n) is 7.87. The van der Waals surface area contributed by atoms with Crippen molar-refractivity contribution >= 4 is 18.0 Å². The van der Waals surface area contributed by atoms with E-state index >= 15 is 0 Å². The molecule has 0 aliphatic carbocycles. The van der Waals surface area contributed by atoms with Crippen LogP contribution in [0.4, 0.5) is 4.79 Å². The van der Waals surface area contributed by atoms with Crippen LogP contribution < -0.4 is 10.1 Å². The molecule has 0 aromatic heterocycles. The Morgan fingerprint density at radius 1 is 1.07 bits per heavy atom. The summed E-state index contributed by atoms with van der Waals surface area (Å²) < 4.78 is 5.30. The molecule has 30 heavy (non-hydrogen) atoms. The summed E-state index contributed by atoms with van der Waals surface area (Å²) in [5.41, 5.74) is 1.47. The second kappa shape index (κ2) is 8.71. The Hall–Kier alpha value is -3.12. The standard InChI is InChI=1S/C24H27N3O3/c1-30-21-11-5-9-20(17-21)18-26-15-12-24(13-16-26)22(28)27(23(29)25-24)14-6-10-19-7-3-2-4-8-19/h2-11,17H,12-16,18H2,1H3,(H,25,29)/b10-6+. The van der Waals surface area contributed by atoms with Crippen molar-refractivity contribution in [2.75, 3.05) is 26.7 Å². The Morgan fingerprint density at radius 3 is 2.57 bits per heavy atom. The van der Waals surface area contributed by atoms with Gasteiger partial charge in [0.1, 0.15) is 11.3 Å². The van der Waals surface area contributed by atoms with Crippen LogP contribution >= 0.6 is 0 Å². The Morgan fingerprint density at radius 2 is 1.83 bits per heavy atom. The molecule has 4 rings (SSSR count).